The summed E-state index contributed by atoms with van der Waals surface area (Å²) in [6.07, 6.45) is 13.8. The van der Waals surface area contributed by atoms with Gasteiger partial charge < -0.3 is 4.74 Å². The van der Waals surface area contributed by atoms with Crippen LogP contribution in [0.1, 0.15) is 90.9 Å². The van der Waals surface area contributed by atoms with Gasteiger partial charge in [0, 0.05) is 17.8 Å². The fourth-order valence-electron chi connectivity index (χ4n) is 5.27. The summed E-state index contributed by atoms with van der Waals surface area (Å²) in [5.41, 5.74) is 0. The highest BCUT2D eigenvalue weighted by Crippen LogP contribution is 2.37. The Morgan fingerprint density at radius 3 is 1.88 bits per heavy atom. The van der Waals surface area contributed by atoms with Crippen LogP contribution in [-0.2, 0) is 14.3 Å². The predicted molar refractivity (Wildman–Crippen MR) is 99.4 cm³/mol. The third-order valence-corrected chi connectivity index (χ3v) is 7.08. The normalized spacial score (nSPS) is 39.8. The Hall–Kier alpha value is -0.700. The van der Waals surface area contributed by atoms with Gasteiger partial charge >= 0.3 is 0 Å². The van der Waals surface area contributed by atoms with Crippen LogP contribution in [0.3, 0.4) is 0 Å². The first-order chi connectivity index (χ1) is 12.0. The van der Waals surface area contributed by atoms with Crippen molar-refractivity contribution in [3.8, 4) is 0 Å². The van der Waals surface area contributed by atoms with Crippen LogP contribution in [-0.4, -0.2) is 23.8 Å². The molecule has 3 rings (SSSR count). The number of carbonyl (C=O) groups excluding carboxylic acids is 2. The first-order valence-electron chi connectivity index (χ1n) is 10.7. The van der Waals surface area contributed by atoms with Crippen molar-refractivity contribution in [2.75, 3.05) is 0 Å². The Labute approximate surface area is 153 Å². The van der Waals surface area contributed by atoms with Crippen LogP contribution in [0.2, 0.25) is 0 Å². The number of carbonyl (C=O) groups is 2. The predicted octanol–water partition coefficient (Wildman–Crippen LogP) is 5.11. The van der Waals surface area contributed by atoms with Gasteiger partial charge in [-0.1, -0.05) is 13.3 Å². The highest BCUT2D eigenvalue weighted by molar-refractivity contribution is 5.85. The lowest BCUT2D eigenvalue weighted by molar-refractivity contribution is -0.132. The number of Topliss-reactive ketones (excluding diaryl/α,β-unsaturated/α-hetero) is 2. The van der Waals surface area contributed by atoms with Gasteiger partial charge in [0.2, 0.25) is 0 Å². The van der Waals surface area contributed by atoms with E-state index in [9.17, 15) is 9.59 Å². The summed E-state index contributed by atoms with van der Waals surface area (Å²) >= 11 is 0. The molecule has 0 aromatic rings. The number of hydrogen-bond acceptors (Lipinski definition) is 3. The number of ketones is 2. The summed E-state index contributed by atoms with van der Waals surface area (Å²) in [4.78, 5) is 24.6. The zero-order valence-electron chi connectivity index (χ0n) is 16.2. The van der Waals surface area contributed by atoms with Gasteiger partial charge in [-0.3, -0.25) is 9.59 Å². The molecule has 25 heavy (non-hydrogen) atoms. The van der Waals surface area contributed by atoms with Crippen molar-refractivity contribution in [1.29, 1.82) is 0 Å². The number of rotatable bonds is 5. The molecule has 0 radical (unpaired) electrons. The van der Waals surface area contributed by atoms with Crippen LogP contribution < -0.4 is 0 Å². The van der Waals surface area contributed by atoms with Crippen molar-refractivity contribution < 1.29 is 14.3 Å². The van der Waals surface area contributed by atoms with Gasteiger partial charge in [0.05, 0.1) is 12.2 Å². The van der Waals surface area contributed by atoms with Crippen LogP contribution >= 0.6 is 0 Å². The van der Waals surface area contributed by atoms with Crippen LogP contribution in [0.15, 0.2) is 0 Å². The molecule has 3 fully saturated rings. The van der Waals surface area contributed by atoms with E-state index in [-0.39, 0.29) is 23.5 Å². The topological polar surface area (TPSA) is 43.4 Å². The van der Waals surface area contributed by atoms with Gasteiger partial charge in [-0.25, -0.2) is 0 Å². The Morgan fingerprint density at radius 2 is 1.28 bits per heavy atom. The Kier molecular flexibility index (Phi) is 6.71. The van der Waals surface area contributed by atoms with Crippen LogP contribution in [0.4, 0.5) is 0 Å². The quantitative estimate of drug-likeness (QED) is 0.694. The van der Waals surface area contributed by atoms with E-state index in [1.807, 2.05) is 0 Å². The SMILES string of the molecule is CC(=O)C1CCCC(C(=O)C2CCC(OC3CCC(C)CC3)CC2)C1. The molecule has 0 aliphatic heterocycles. The average molecular weight is 349 g/mol. The lowest BCUT2D eigenvalue weighted by Gasteiger charge is -2.35. The molecule has 0 bridgehead atoms. The second kappa shape index (κ2) is 8.79. The van der Waals surface area contributed by atoms with Gasteiger partial charge in [-0.15, -0.1) is 0 Å². The zero-order valence-corrected chi connectivity index (χ0v) is 16.2. The van der Waals surface area contributed by atoms with E-state index in [1.54, 1.807) is 6.92 Å². The third kappa shape index (κ3) is 5.15. The van der Waals surface area contributed by atoms with Gasteiger partial charge in [-0.05, 0) is 83.5 Å². The van der Waals surface area contributed by atoms with Gasteiger partial charge in [0.1, 0.15) is 11.6 Å². The monoisotopic (exact) mass is 348 g/mol. The summed E-state index contributed by atoms with van der Waals surface area (Å²) in [5.74, 6) is 2.10. The first kappa shape index (κ1) is 19.1. The van der Waals surface area contributed by atoms with Crippen molar-refractivity contribution in [1.82, 2.24) is 0 Å². The maximum atomic E-state index is 12.9. The maximum absolute atomic E-state index is 12.9. The molecule has 2 atom stereocenters. The first-order valence-corrected chi connectivity index (χ1v) is 10.7. The second-order valence-corrected chi connectivity index (χ2v) is 9.07. The molecule has 0 aromatic carbocycles. The third-order valence-electron chi connectivity index (χ3n) is 7.08. The molecule has 0 heterocycles. The molecular formula is C22H36O3. The Bertz CT molecular complexity index is 456. The van der Waals surface area contributed by atoms with Crippen LogP contribution in [0, 0.1) is 23.7 Å². The molecule has 0 N–H and O–H groups in total. The minimum absolute atomic E-state index is 0.135. The van der Waals surface area contributed by atoms with Crippen LogP contribution in [0.25, 0.3) is 0 Å². The van der Waals surface area contributed by atoms with Crippen molar-refractivity contribution >= 4 is 11.6 Å². The van der Waals surface area contributed by atoms with E-state index < -0.39 is 0 Å². The van der Waals surface area contributed by atoms with E-state index in [1.165, 1.54) is 25.7 Å². The minimum atomic E-state index is 0.135. The molecule has 0 spiro atoms. The second-order valence-electron chi connectivity index (χ2n) is 9.07. The molecule has 3 aliphatic carbocycles. The summed E-state index contributed by atoms with van der Waals surface area (Å²) in [6.45, 7) is 4.03. The molecular weight excluding hydrogens is 312 g/mol. The van der Waals surface area contributed by atoms with E-state index in [4.69, 9.17) is 4.74 Å². The minimum Gasteiger partial charge on any atom is -0.375 e. The van der Waals surface area contributed by atoms with Gasteiger partial charge in [0.25, 0.3) is 0 Å². The maximum Gasteiger partial charge on any atom is 0.139 e. The fraction of sp³-hybridized carbons (Fsp3) is 0.909. The van der Waals surface area contributed by atoms with Gasteiger partial charge in [0.15, 0.2) is 0 Å². The fourth-order valence-corrected chi connectivity index (χ4v) is 5.27. The Balaban J connectivity index is 1.42. The molecule has 3 nitrogen and oxygen atoms in total. The highest BCUT2D eigenvalue weighted by atomic mass is 16.5. The summed E-state index contributed by atoms with van der Waals surface area (Å²) < 4.78 is 6.35. The van der Waals surface area contributed by atoms with Crippen molar-refractivity contribution in [2.24, 2.45) is 23.7 Å². The standard InChI is InChI=1S/C22H36O3/c1-15-6-10-20(11-7-15)25-21-12-8-17(9-13-21)22(24)19-5-3-4-18(14-19)16(2)23/h15,17-21H,3-14H2,1-2H3. The molecule has 0 saturated heterocycles. The average Bonchev–Trinajstić information content (AvgIpc) is 2.64. The van der Waals surface area contributed by atoms with E-state index in [0.29, 0.717) is 18.0 Å². The van der Waals surface area contributed by atoms with E-state index >= 15 is 0 Å². The molecule has 2 unspecified atom stereocenters. The number of ether oxygens (including phenoxy) is 1. The summed E-state index contributed by atoms with van der Waals surface area (Å²) in [7, 11) is 0. The lowest BCUT2D eigenvalue weighted by atomic mass is 9.72. The molecule has 3 aliphatic rings. The smallest absolute Gasteiger partial charge is 0.139 e. The lowest BCUT2D eigenvalue weighted by Crippen LogP contribution is -2.35. The van der Waals surface area contributed by atoms with Crippen LogP contribution in [0.5, 0.6) is 0 Å². The highest BCUT2D eigenvalue weighted by Gasteiger charge is 2.35. The number of hydrogen-bond donors (Lipinski definition) is 0. The molecule has 3 saturated carbocycles. The molecule has 142 valence electrons. The Morgan fingerprint density at radius 1 is 0.720 bits per heavy atom. The molecule has 0 aromatic heterocycles. The zero-order chi connectivity index (χ0) is 17.8. The summed E-state index contributed by atoms with van der Waals surface area (Å²) in [6, 6.07) is 0. The van der Waals surface area contributed by atoms with Crippen molar-refractivity contribution in [3.05, 3.63) is 0 Å². The van der Waals surface area contributed by atoms with Crippen molar-refractivity contribution in [3.63, 3.8) is 0 Å². The largest absolute Gasteiger partial charge is 0.375 e. The summed E-state index contributed by atoms with van der Waals surface area (Å²) in [5, 5.41) is 0. The van der Waals surface area contributed by atoms with E-state index in [0.717, 1.165) is 57.3 Å². The van der Waals surface area contributed by atoms with Gasteiger partial charge in [-0.2, -0.15) is 0 Å². The molecule has 3 heteroatoms. The van der Waals surface area contributed by atoms with E-state index in [2.05, 4.69) is 6.92 Å². The molecule has 0 amide bonds. The van der Waals surface area contributed by atoms with Crippen molar-refractivity contribution in [2.45, 2.75) is 103 Å².